The number of benzene rings is 1. The highest BCUT2D eigenvalue weighted by Crippen LogP contribution is 2.30. The number of nitrogens with one attached hydrogen (secondary N) is 1. The molecule has 32 heavy (non-hydrogen) atoms. The molecule has 1 aromatic carbocycles. The predicted molar refractivity (Wildman–Crippen MR) is 110 cm³/mol. The molecule has 0 aliphatic carbocycles. The van der Waals surface area contributed by atoms with E-state index in [9.17, 15) is 18.0 Å². The van der Waals surface area contributed by atoms with E-state index in [4.69, 9.17) is 5.73 Å². The lowest BCUT2D eigenvalue weighted by molar-refractivity contribution is -0.137. The molecule has 8 nitrogen and oxygen atoms in total. The zero-order valence-corrected chi connectivity index (χ0v) is 16.5. The number of anilines is 2. The molecule has 0 atom stereocenters. The number of carbonyl (C=O) groups excluding carboxylic acids is 1. The van der Waals surface area contributed by atoms with E-state index in [-0.39, 0.29) is 17.3 Å². The number of rotatable bonds is 2. The molecule has 0 radical (unpaired) electrons. The normalized spacial score (nSPS) is 11.1. The van der Waals surface area contributed by atoms with Gasteiger partial charge in [0.2, 0.25) is 5.95 Å². The first-order chi connectivity index (χ1) is 15.2. The summed E-state index contributed by atoms with van der Waals surface area (Å²) < 4.78 is 40.0. The third-order valence-corrected chi connectivity index (χ3v) is 4.49. The van der Waals surface area contributed by atoms with E-state index in [2.05, 4.69) is 37.2 Å². The average molecular weight is 437 g/mol. The van der Waals surface area contributed by atoms with Crippen molar-refractivity contribution in [1.29, 1.82) is 0 Å². The number of aryl methyl sites for hydroxylation is 1. The molecule has 3 aromatic heterocycles. The molecule has 1 amide bonds. The summed E-state index contributed by atoms with van der Waals surface area (Å²) in [4.78, 5) is 24.3. The number of hydrogen-bond acceptors (Lipinski definition) is 6. The molecule has 160 valence electrons. The largest absolute Gasteiger partial charge is 0.416 e. The van der Waals surface area contributed by atoms with E-state index in [1.54, 1.807) is 18.2 Å². The zero-order valence-electron chi connectivity index (χ0n) is 16.5. The summed E-state index contributed by atoms with van der Waals surface area (Å²) in [5, 5.41) is 6.46. The fourth-order valence-corrected chi connectivity index (χ4v) is 2.82. The third-order valence-electron chi connectivity index (χ3n) is 4.49. The number of pyridine rings is 1. The Morgan fingerprint density at radius 1 is 1.09 bits per heavy atom. The molecule has 0 fully saturated rings. The Kier molecular flexibility index (Phi) is 5.19. The number of fused-ring (bicyclic) bond motifs is 1. The van der Waals surface area contributed by atoms with Gasteiger partial charge < -0.3 is 11.1 Å². The van der Waals surface area contributed by atoms with Crippen LogP contribution in [0.25, 0.3) is 5.65 Å². The molecule has 4 rings (SSSR count). The number of amides is 1. The minimum atomic E-state index is -4.54. The number of nitrogens with two attached hydrogens (primary N) is 1. The molecule has 0 saturated carbocycles. The molecule has 0 aliphatic heterocycles. The monoisotopic (exact) mass is 437 g/mol. The smallest absolute Gasteiger partial charge is 0.368 e. The van der Waals surface area contributed by atoms with Crippen LogP contribution in [0.15, 0.2) is 49.1 Å². The van der Waals surface area contributed by atoms with Gasteiger partial charge in [0.05, 0.1) is 17.3 Å². The number of nitrogen functional groups attached to an aromatic ring is 1. The number of hydrogen-bond donors (Lipinski definition) is 2. The van der Waals surface area contributed by atoms with Crippen LogP contribution in [0, 0.1) is 18.8 Å². The van der Waals surface area contributed by atoms with E-state index < -0.39 is 17.6 Å². The second-order valence-electron chi connectivity index (χ2n) is 6.69. The van der Waals surface area contributed by atoms with Crippen molar-refractivity contribution < 1.29 is 18.0 Å². The highest BCUT2D eigenvalue weighted by molar-refractivity contribution is 6.04. The number of halogens is 3. The van der Waals surface area contributed by atoms with Gasteiger partial charge in [-0.1, -0.05) is 17.9 Å². The molecule has 3 N–H and O–H groups in total. The second kappa shape index (κ2) is 7.99. The Morgan fingerprint density at radius 2 is 1.88 bits per heavy atom. The molecule has 4 aromatic rings. The second-order valence-corrected chi connectivity index (χ2v) is 6.69. The van der Waals surface area contributed by atoms with E-state index in [0.29, 0.717) is 16.8 Å². The maximum atomic E-state index is 12.9. The average Bonchev–Trinajstić information content (AvgIpc) is 3.17. The SMILES string of the molecule is Cc1ccc(C(=O)Nc2cc(C(F)(F)F)ccn2)cc1C#Cc1cnn2c(N)ncnc12. The fourth-order valence-electron chi connectivity index (χ4n) is 2.82. The van der Waals surface area contributed by atoms with Gasteiger partial charge >= 0.3 is 6.18 Å². The van der Waals surface area contributed by atoms with Crippen molar-refractivity contribution in [3.05, 3.63) is 76.9 Å². The summed E-state index contributed by atoms with van der Waals surface area (Å²) in [7, 11) is 0. The topological polar surface area (TPSA) is 111 Å². The number of nitrogens with zero attached hydrogens (tertiary/aromatic N) is 5. The molecule has 0 unspecified atom stereocenters. The Balaban J connectivity index is 1.60. The van der Waals surface area contributed by atoms with Crippen LogP contribution in [0.4, 0.5) is 24.9 Å². The lowest BCUT2D eigenvalue weighted by Gasteiger charge is -2.09. The Labute approximate surface area is 179 Å². The summed E-state index contributed by atoms with van der Waals surface area (Å²) in [6.45, 7) is 1.82. The molecule has 0 spiro atoms. The summed E-state index contributed by atoms with van der Waals surface area (Å²) in [6, 6.07) is 6.38. The van der Waals surface area contributed by atoms with Crippen molar-refractivity contribution in [1.82, 2.24) is 24.6 Å². The van der Waals surface area contributed by atoms with Crippen molar-refractivity contribution in [3.63, 3.8) is 0 Å². The van der Waals surface area contributed by atoms with Gasteiger partial charge in [-0.2, -0.15) is 22.8 Å². The summed E-state index contributed by atoms with van der Waals surface area (Å²) in [6.07, 6.45) is -0.756. The van der Waals surface area contributed by atoms with Gasteiger partial charge in [0, 0.05) is 17.3 Å². The van der Waals surface area contributed by atoms with Crippen LogP contribution in [0.1, 0.15) is 32.6 Å². The summed E-state index contributed by atoms with van der Waals surface area (Å²) >= 11 is 0. The zero-order chi connectivity index (χ0) is 22.9. The van der Waals surface area contributed by atoms with Crippen LogP contribution in [0.2, 0.25) is 0 Å². The van der Waals surface area contributed by atoms with Gasteiger partial charge in [-0.25, -0.2) is 15.0 Å². The molecule has 11 heteroatoms. The maximum Gasteiger partial charge on any atom is 0.416 e. The standard InChI is InChI=1S/C21H14F3N7O/c1-12-2-3-14(19(32)30-17-9-16(6-7-26-17)21(22,23)24)8-13(12)4-5-15-10-29-31-18(15)27-11-28-20(31)25/h2-3,6-11H,1H3,(H2,25,27,28)(H,26,30,32). The first-order valence-corrected chi connectivity index (χ1v) is 9.14. The Morgan fingerprint density at radius 3 is 2.66 bits per heavy atom. The van der Waals surface area contributed by atoms with Crippen LogP contribution in [-0.4, -0.2) is 30.5 Å². The van der Waals surface area contributed by atoms with E-state index in [1.807, 2.05) is 6.92 Å². The summed E-state index contributed by atoms with van der Waals surface area (Å²) in [5.74, 6) is 5.26. The highest BCUT2D eigenvalue weighted by atomic mass is 19.4. The van der Waals surface area contributed by atoms with Gasteiger partial charge in [0.25, 0.3) is 5.91 Å². The van der Waals surface area contributed by atoms with Gasteiger partial charge in [0.15, 0.2) is 5.65 Å². The van der Waals surface area contributed by atoms with E-state index in [0.717, 1.165) is 23.9 Å². The minimum absolute atomic E-state index is 0.168. The first kappa shape index (κ1) is 20.8. The Bertz CT molecular complexity index is 1400. The quantitative estimate of drug-likeness (QED) is 0.466. The molecule has 0 saturated heterocycles. The van der Waals surface area contributed by atoms with Gasteiger partial charge in [0.1, 0.15) is 12.1 Å². The van der Waals surface area contributed by atoms with Crippen molar-refractivity contribution in [2.45, 2.75) is 13.1 Å². The molecule has 3 heterocycles. The lowest BCUT2D eigenvalue weighted by atomic mass is 10.0. The number of aromatic nitrogens is 5. The van der Waals surface area contributed by atoms with E-state index in [1.165, 1.54) is 17.0 Å². The molecule has 0 bridgehead atoms. The first-order valence-electron chi connectivity index (χ1n) is 9.14. The summed E-state index contributed by atoms with van der Waals surface area (Å²) in [5.41, 5.74) is 7.35. The van der Waals surface area contributed by atoms with Crippen LogP contribution in [0.3, 0.4) is 0 Å². The molecule has 0 aliphatic rings. The minimum Gasteiger partial charge on any atom is -0.368 e. The fraction of sp³-hybridized carbons (Fsp3) is 0.0952. The van der Waals surface area contributed by atoms with Crippen molar-refractivity contribution in [2.24, 2.45) is 0 Å². The third kappa shape index (κ3) is 4.20. The molecular weight excluding hydrogens is 423 g/mol. The van der Waals surface area contributed by atoms with Crippen LogP contribution >= 0.6 is 0 Å². The van der Waals surface area contributed by atoms with Crippen LogP contribution in [-0.2, 0) is 6.18 Å². The molecular formula is C21H14F3N7O. The van der Waals surface area contributed by atoms with Crippen molar-refractivity contribution >= 4 is 23.3 Å². The van der Waals surface area contributed by atoms with Crippen molar-refractivity contribution in [2.75, 3.05) is 11.1 Å². The number of alkyl halides is 3. The highest BCUT2D eigenvalue weighted by Gasteiger charge is 2.30. The van der Waals surface area contributed by atoms with Gasteiger partial charge in [-0.05, 0) is 36.8 Å². The van der Waals surface area contributed by atoms with Crippen LogP contribution in [0.5, 0.6) is 0 Å². The van der Waals surface area contributed by atoms with Crippen LogP contribution < -0.4 is 11.1 Å². The van der Waals surface area contributed by atoms with E-state index >= 15 is 0 Å². The predicted octanol–water partition coefficient (Wildman–Crippen LogP) is 3.08. The van der Waals surface area contributed by atoms with Gasteiger partial charge in [-0.3, -0.25) is 4.79 Å². The maximum absolute atomic E-state index is 12.9. The number of carbonyl (C=O) groups is 1. The van der Waals surface area contributed by atoms with Crippen molar-refractivity contribution in [3.8, 4) is 11.8 Å². The Hall–Kier alpha value is -4.46. The lowest BCUT2D eigenvalue weighted by Crippen LogP contribution is -2.14. The van der Waals surface area contributed by atoms with Gasteiger partial charge in [-0.15, -0.1) is 0 Å².